The lowest BCUT2D eigenvalue weighted by atomic mass is 9.81. The predicted octanol–water partition coefficient (Wildman–Crippen LogP) is 8.93. The van der Waals surface area contributed by atoms with Gasteiger partial charge in [0.05, 0.1) is 49.2 Å². The molecule has 6 heterocycles. The fraction of sp³-hybridized carbons (Fsp3) is 0.317. The first kappa shape index (κ1) is 115. The normalized spacial score (nSPS) is 13.6. The van der Waals surface area contributed by atoms with E-state index >= 15 is 0 Å². The standard InChI is InChI=1S/C19H22FIN4O6.C19H15FIN3O4.C16H18FIN4O6.C12H11FIN3O2.C7H5ClO2.C6H13NO3.3CH4.B2/c1-19(2)29-8-11(31-19)9-30-23-16(26)14-15(24(3)18(28)25(4)17(14)27)22-13-6-5-10(21)7-12(13)20;1-23-16(22-14-9-8-11(21)10-13(14)20)15(17(25)24(2)19(23)27)18(26)28-12-6-4-3-5-7-12;1-21-13(19-11-4-3-8(18)5-10(11)17)12(15(26)22(2)16(21)27)14(25)20-28-7-9(24)6-23;1-16-10(6-11(18)17(2)12(16)19)15-9-4-3-7(14)5-8(9)13;8-7(9)10-6-4-2-1-3-5-6;1-6(2)8-3-5(10-6)4-9-7;;;;1-2/h5-7,11,22H,8-9H2,1-4H3,(H,23,26);3-10,22H,1-2H3;3-5,9,19,23-24H,6-7H2,1-2H3,(H,20,25);3-6,15H,1-2H3;1-5H;5H,3-4,7H2,1-2H3;3*1H4;/t;;9-;;;;;;;/m..1......./s1. The number of nitrogens with zero attached hydrogens (tertiary/aromatic N) is 8. The maximum Gasteiger partial charge on any atom is 0.409 e. The van der Waals surface area contributed by atoms with E-state index in [1.165, 1.54) is 109 Å². The highest BCUT2D eigenvalue weighted by molar-refractivity contribution is 14.1. The van der Waals surface area contributed by atoms with Gasteiger partial charge in [0.2, 0.25) is 0 Å². The molecule has 6 aromatic carbocycles. The molecule has 0 saturated carbocycles. The third kappa shape index (κ3) is 32.9. The number of hydroxylamine groups is 2. The summed E-state index contributed by atoms with van der Waals surface area (Å²) in [4.78, 5) is 160. The zero-order chi connectivity index (χ0) is 95.5. The first-order valence-corrected chi connectivity index (χ1v) is 41.6. The van der Waals surface area contributed by atoms with Gasteiger partial charge in [0.25, 0.3) is 34.1 Å². The number of ether oxygens (including phenoxy) is 6. The summed E-state index contributed by atoms with van der Waals surface area (Å²) in [5.74, 6) is -1.16. The molecule has 10 N–H and O–H groups in total. The van der Waals surface area contributed by atoms with Crippen LogP contribution in [0.15, 0.2) is 178 Å². The van der Waals surface area contributed by atoms with Crippen molar-refractivity contribution in [3.8, 4) is 11.5 Å². The molecule has 131 heavy (non-hydrogen) atoms. The number of hydrogen-bond donors (Lipinski definition) is 9. The highest BCUT2D eigenvalue weighted by atomic mass is 127. The lowest BCUT2D eigenvalue weighted by Crippen LogP contribution is -2.44. The van der Waals surface area contributed by atoms with Crippen LogP contribution in [0.25, 0.3) is 0 Å². The van der Waals surface area contributed by atoms with Crippen LogP contribution in [0, 0.1) is 37.5 Å². The van der Waals surface area contributed by atoms with Crippen LogP contribution in [0.2, 0.25) is 0 Å². The van der Waals surface area contributed by atoms with Crippen molar-refractivity contribution in [1.29, 1.82) is 0 Å². The van der Waals surface area contributed by atoms with Crippen molar-refractivity contribution in [1.82, 2.24) is 47.5 Å². The predicted molar refractivity (Wildman–Crippen MR) is 519 cm³/mol. The molecule has 706 valence electrons. The van der Waals surface area contributed by atoms with Crippen LogP contribution >= 0.6 is 102 Å². The third-order valence-corrected chi connectivity index (χ3v) is 20.1. The topological polar surface area (TPSA) is 466 Å². The summed E-state index contributed by atoms with van der Waals surface area (Å²) in [5.41, 5.74) is -3.47. The molecule has 2 aliphatic rings. The Kier molecular flexibility index (Phi) is 46.9. The number of aromatic nitrogens is 8. The second kappa shape index (κ2) is 53.5. The number of amides is 2. The molecule has 12 rings (SSSR count). The molecule has 4 aromatic heterocycles. The molecule has 0 bridgehead atoms. The molecule has 2 amide bonds. The van der Waals surface area contributed by atoms with Crippen molar-refractivity contribution in [3.05, 3.63) is 277 Å². The first-order chi connectivity index (χ1) is 60.3. The fourth-order valence-electron chi connectivity index (χ4n) is 10.9. The van der Waals surface area contributed by atoms with E-state index in [1.807, 2.05) is 116 Å². The number of nitrogens with two attached hydrogens (primary N) is 1. The lowest BCUT2D eigenvalue weighted by molar-refractivity contribution is -0.147. The van der Waals surface area contributed by atoms with Gasteiger partial charge in [0, 0.05) is 104 Å². The zero-order valence-corrected chi connectivity index (χ0v) is 79.3. The van der Waals surface area contributed by atoms with Crippen molar-refractivity contribution < 1.29 is 89.9 Å². The Morgan fingerprint density at radius 2 is 0.809 bits per heavy atom. The van der Waals surface area contributed by atoms with Gasteiger partial charge in [-0.15, -0.1) is 0 Å². The largest absolute Gasteiger partial charge is 0.423 e. The molecule has 49 heteroatoms. The van der Waals surface area contributed by atoms with Crippen LogP contribution in [0.3, 0.4) is 0 Å². The Hall–Kier alpha value is -10.2. The van der Waals surface area contributed by atoms with Gasteiger partial charge in [-0.25, -0.2) is 63.2 Å². The van der Waals surface area contributed by atoms with Crippen molar-refractivity contribution >= 4 is 187 Å². The summed E-state index contributed by atoms with van der Waals surface area (Å²) in [6.07, 6.45) is -1.65. The van der Waals surface area contributed by atoms with Gasteiger partial charge in [0.15, 0.2) is 17.1 Å². The Balaban J connectivity index is 0.000000417. The van der Waals surface area contributed by atoms with Crippen molar-refractivity contribution in [2.45, 2.75) is 79.9 Å². The minimum absolute atomic E-state index is 0. The van der Waals surface area contributed by atoms with Gasteiger partial charge in [-0.2, -0.15) is 0 Å². The van der Waals surface area contributed by atoms with Crippen LogP contribution in [0.1, 0.15) is 81.0 Å². The maximum absolute atomic E-state index is 14.3. The van der Waals surface area contributed by atoms with Crippen LogP contribution in [0.5, 0.6) is 11.5 Å². The summed E-state index contributed by atoms with van der Waals surface area (Å²) in [5, 5.41) is 28.7. The fourth-order valence-corrected chi connectivity index (χ4v) is 12.8. The van der Waals surface area contributed by atoms with Gasteiger partial charge in [-0.3, -0.25) is 75.0 Å². The number of esters is 1. The molecule has 2 unspecified atom stereocenters. The Labute approximate surface area is 809 Å². The summed E-state index contributed by atoms with van der Waals surface area (Å²) in [6.45, 7) is 7.43. The van der Waals surface area contributed by atoms with E-state index in [0.29, 0.717) is 34.2 Å². The maximum atomic E-state index is 14.3. The van der Waals surface area contributed by atoms with E-state index in [0.717, 1.165) is 31.0 Å². The molecule has 2 saturated heterocycles. The molecule has 3 atom stereocenters. The van der Waals surface area contributed by atoms with Crippen LogP contribution in [0.4, 0.5) is 68.4 Å². The van der Waals surface area contributed by atoms with E-state index in [9.17, 15) is 80.2 Å². The van der Waals surface area contributed by atoms with E-state index in [1.54, 1.807) is 98.8 Å². The third-order valence-electron chi connectivity index (χ3n) is 17.3. The van der Waals surface area contributed by atoms with Crippen molar-refractivity contribution in [3.63, 3.8) is 0 Å². The molecule has 0 spiro atoms. The van der Waals surface area contributed by atoms with Crippen molar-refractivity contribution in [2.24, 2.45) is 62.3 Å². The second-order valence-electron chi connectivity index (χ2n) is 27.5. The Morgan fingerprint density at radius 3 is 1.15 bits per heavy atom. The minimum Gasteiger partial charge on any atom is -0.423 e. The summed E-state index contributed by atoms with van der Waals surface area (Å²) < 4.78 is 98.2. The second-order valence-corrected chi connectivity index (χ2v) is 32.8. The highest BCUT2D eigenvalue weighted by Crippen LogP contribution is 2.29. The number of carbonyl (C=O) groups excluding carboxylic acids is 4. The number of nitrogens with one attached hydrogen (secondary N) is 6. The van der Waals surface area contributed by atoms with Gasteiger partial charge in [0.1, 0.15) is 101 Å². The average molecular weight is 2300 g/mol. The Bertz CT molecular complexity index is 6160. The van der Waals surface area contributed by atoms with Gasteiger partial charge in [-0.05, 0) is 215 Å². The molecule has 38 nitrogen and oxygen atoms in total. The van der Waals surface area contributed by atoms with E-state index < -0.39 is 145 Å². The molecular weight excluding hydrogens is 2200 g/mol. The molecule has 4 radical (unpaired) electrons. The number of para-hydroxylation sites is 2. The number of rotatable bonds is 22. The number of carbonyl (C=O) groups is 4. The van der Waals surface area contributed by atoms with Crippen LogP contribution < -0.4 is 92.6 Å². The number of hydrogen-bond acceptors (Lipinski definition) is 28. The smallest absolute Gasteiger partial charge is 0.409 e. The molecule has 2 fully saturated rings. The molecule has 2 aliphatic heterocycles. The van der Waals surface area contributed by atoms with Crippen LogP contribution in [-0.2, 0) is 89.8 Å². The summed E-state index contributed by atoms with van der Waals surface area (Å²) in [6, 6.07) is 35.7. The van der Waals surface area contributed by atoms with Gasteiger partial charge < -0.3 is 64.7 Å². The van der Waals surface area contributed by atoms with Crippen molar-refractivity contribution in [2.75, 3.05) is 60.9 Å². The minimum atomic E-state index is -1.23. The number of anilines is 8. The molecule has 0 aliphatic carbocycles. The highest BCUT2D eigenvalue weighted by Gasteiger charge is 2.35. The van der Waals surface area contributed by atoms with E-state index in [2.05, 4.69) is 51.8 Å². The van der Waals surface area contributed by atoms with Gasteiger partial charge >= 0.3 is 34.2 Å². The van der Waals surface area contributed by atoms with Gasteiger partial charge in [-0.1, -0.05) is 58.7 Å². The Morgan fingerprint density at radius 1 is 0.481 bits per heavy atom. The molecular formula is C82H96B2ClF4I4N15O23. The first-order valence-electron chi connectivity index (χ1n) is 37.0. The average Bonchev–Trinajstić information content (AvgIpc) is 1.05. The monoisotopic (exact) mass is 2300 g/mol. The molecule has 10 aromatic rings. The van der Waals surface area contributed by atoms with E-state index in [-0.39, 0.29) is 93.4 Å². The number of benzene rings is 6. The summed E-state index contributed by atoms with van der Waals surface area (Å²) >= 11 is 12.8. The zero-order valence-electron chi connectivity index (χ0n) is 69.9. The number of halogens is 9. The SMILES string of the molecule is C.C.C.CC1(C)OCC(CON)O1.Cn1c(Nc2ccc(I)cc2F)c(C(=O)NOCC2COC(C)(C)O2)c(=O)n(C)c1=O.Cn1c(Nc2ccc(I)cc2F)c(C(=O)NOC[C@H](O)CO)c(=O)n(C)c1=O.Cn1c(Nc2ccc(I)cc2F)c(C(=O)Oc2ccccc2)c(=O)n(C)c1=O.Cn1c(Nc2ccc(I)cc2F)cc(=O)n(C)c1=O.O=C(Cl)Oc1ccccc1.[B][B]. The lowest BCUT2D eigenvalue weighted by Gasteiger charge is -2.18. The quantitative estimate of drug-likeness (QED) is 0.00581. The van der Waals surface area contributed by atoms with E-state index in [4.69, 9.17) is 56.0 Å². The summed E-state index contributed by atoms with van der Waals surface area (Å²) in [7, 11) is 18.6. The number of aliphatic hydroxyl groups excluding tert-OH is 2. The number of aliphatic hydroxyl groups is 2. The van der Waals surface area contributed by atoms with Crippen LogP contribution in [-0.4, -0.2) is 155 Å².